The summed E-state index contributed by atoms with van der Waals surface area (Å²) in [6, 6.07) is 1.83. The van der Waals surface area contributed by atoms with Crippen LogP contribution in [0.2, 0.25) is 5.15 Å². The number of hydrogen-bond acceptors (Lipinski definition) is 2. The predicted molar refractivity (Wildman–Crippen MR) is 80.7 cm³/mol. The Balaban J connectivity index is 2.69. The second kappa shape index (κ2) is 7.34. The highest BCUT2D eigenvalue weighted by Gasteiger charge is 2.31. The van der Waals surface area contributed by atoms with E-state index < -0.39 is 11.7 Å². The number of hydrogen-bond donors (Lipinski definition) is 1. The number of anilines is 1. The van der Waals surface area contributed by atoms with Gasteiger partial charge >= 0.3 is 6.18 Å². The molecule has 1 aromatic rings. The van der Waals surface area contributed by atoms with Gasteiger partial charge in [-0.1, -0.05) is 51.6 Å². The molecule has 0 aliphatic carbocycles. The van der Waals surface area contributed by atoms with Gasteiger partial charge in [-0.05, 0) is 24.0 Å². The summed E-state index contributed by atoms with van der Waals surface area (Å²) in [6.45, 7) is 6.87. The third-order valence-corrected chi connectivity index (χ3v) is 3.52. The van der Waals surface area contributed by atoms with Crippen molar-refractivity contribution in [2.75, 3.05) is 11.9 Å². The summed E-state index contributed by atoms with van der Waals surface area (Å²) >= 11 is 5.66. The Labute approximate surface area is 129 Å². The number of nitrogens with zero attached hydrogens (tertiary/aromatic N) is 1. The van der Waals surface area contributed by atoms with Gasteiger partial charge in [0.2, 0.25) is 0 Å². The van der Waals surface area contributed by atoms with Gasteiger partial charge in [0.1, 0.15) is 11.0 Å². The molecule has 0 saturated heterocycles. The predicted octanol–water partition coefficient (Wildman–Crippen LogP) is 5.77. The number of alkyl halides is 3. The van der Waals surface area contributed by atoms with Gasteiger partial charge in [0.15, 0.2) is 0 Å². The van der Waals surface area contributed by atoms with Crippen LogP contribution in [0.1, 0.15) is 52.0 Å². The molecule has 6 heteroatoms. The van der Waals surface area contributed by atoms with E-state index in [1.807, 2.05) is 0 Å². The van der Waals surface area contributed by atoms with Crippen LogP contribution in [0.4, 0.5) is 19.0 Å². The van der Waals surface area contributed by atoms with Gasteiger partial charge < -0.3 is 5.32 Å². The molecule has 0 aliphatic rings. The number of nitrogens with one attached hydrogen (secondary N) is 1. The molecule has 1 heterocycles. The molecule has 0 spiro atoms. The molecule has 0 amide bonds. The van der Waals surface area contributed by atoms with Crippen LogP contribution in [-0.4, -0.2) is 11.5 Å². The molecule has 1 aromatic heterocycles. The van der Waals surface area contributed by atoms with Crippen molar-refractivity contribution in [1.82, 2.24) is 4.98 Å². The zero-order valence-corrected chi connectivity index (χ0v) is 13.4. The second-order valence-electron chi connectivity index (χ2n) is 6.04. The molecular weight excluding hydrogens is 301 g/mol. The van der Waals surface area contributed by atoms with Crippen LogP contribution in [0.5, 0.6) is 0 Å². The fourth-order valence-electron chi connectivity index (χ4n) is 2.02. The Hall–Kier alpha value is -0.970. The normalized spacial score (nSPS) is 12.5. The van der Waals surface area contributed by atoms with Gasteiger partial charge in [0.05, 0.1) is 5.56 Å². The summed E-state index contributed by atoms with van der Waals surface area (Å²) in [5.74, 6) is 0.165. The Morgan fingerprint density at radius 1 is 1.19 bits per heavy atom. The van der Waals surface area contributed by atoms with Crippen molar-refractivity contribution in [3.05, 3.63) is 22.8 Å². The van der Waals surface area contributed by atoms with E-state index in [-0.39, 0.29) is 16.4 Å². The zero-order chi connectivity index (χ0) is 16.1. The minimum atomic E-state index is -4.42. The number of unbranched alkanes of at least 4 members (excludes halogenated alkanes) is 2. The number of rotatable bonds is 7. The highest BCUT2D eigenvalue weighted by atomic mass is 35.5. The number of aromatic nitrogens is 1. The van der Waals surface area contributed by atoms with E-state index in [0.717, 1.165) is 37.8 Å². The van der Waals surface area contributed by atoms with E-state index in [0.29, 0.717) is 6.54 Å². The van der Waals surface area contributed by atoms with Crippen molar-refractivity contribution in [2.24, 2.45) is 5.41 Å². The minimum Gasteiger partial charge on any atom is -0.369 e. The van der Waals surface area contributed by atoms with Crippen molar-refractivity contribution in [3.8, 4) is 0 Å². The van der Waals surface area contributed by atoms with Crippen LogP contribution in [0.15, 0.2) is 12.1 Å². The topological polar surface area (TPSA) is 24.9 Å². The van der Waals surface area contributed by atoms with Gasteiger partial charge in [0, 0.05) is 6.54 Å². The summed E-state index contributed by atoms with van der Waals surface area (Å²) in [4.78, 5) is 3.90. The number of halogens is 4. The van der Waals surface area contributed by atoms with E-state index in [9.17, 15) is 13.2 Å². The molecule has 1 rings (SSSR count). The lowest BCUT2D eigenvalue weighted by Gasteiger charge is -2.25. The van der Waals surface area contributed by atoms with E-state index >= 15 is 0 Å². The molecule has 1 N–H and O–H groups in total. The Morgan fingerprint density at radius 3 is 2.43 bits per heavy atom. The van der Waals surface area contributed by atoms with Crippen LogP contribution in [0, 0.1) is 5.41 Å². The van der Waals surface area contributed by atoms with Gasteiger partial charge in [-0.15, -0.1) is 0 Å². The molecule has 0 aliphatic heterocycles. The smallest absolute Gasteiger partial charge is 0.369 e. The Kier molecular flexibility index (Phi) is 6.32. The maximum Gasteiger partial charge on any atom is 0.416 e. The van der Waals surface area contributed by atoms with Crippen molar-refractivity contribution in [1.29, 1.82) is 0 Å². The zero-order valence-electron chi connectivity index (χ0n) is 12.6. The lowest BCUT2D eigenvalue weighted by molar-refractivity contribution is -0.137. The van der Waals surface area contributed by atoms with Crippen LogP contribution in [0.25, 0.3) is 0 Å². The molecule has 120 valence electrons. The average molecular weight is 323 g/mol. The first-order valence-corrected chi connectivity index (χ1v) is 7.50. The van der Waals surface area contributed by atoms with Crippen LogP contribution in [0.3, 0.4) is 0 Å². The van der Waals surface area contributed by atoms with Crippen molar-refractivity contribution in [2.45, 2.75) is 52.6 Å². The first-order valence-electron chi connectivity index (χ1n) is 7.13. The summed E-state index contributed by atoms with van der Waals surface area (Å²) in [5.41, 5.74) is -0.786. The summed E-state index contributed by atoms with van der Waals surface area (Å²) < 4.78 is 38.1. The largest absolute Gasteiger partial charge is 0.416 e. The van der Waals surface area contributed by atoms with E-state index in [1.165, 1.54) is 0 Å². The van der Waals surface area contributed by atoms with Crippen molar-refractivity contribution >= 4 is 17.4 Å². The molecular formula is C15H22ClF3N2. The molecule has 0 atom stereocenters. The summed E-state index contributed by atoms with van der Waals surface area (Å²) in [5, 5.41) is 2.81. The standard InChI is InChI=1S/C15H22ClF3N2/c1-4-5-6-7-14(2,3)10-20-13-9-11(15(17,18)19)8-12(16)21-13/h8-9H,4-7,10H2,1-3H3,(H,20,21). The molecule has 0 aromatic carbocycles. The first-order chi connectivity index (χ1) is 9.64. The molecule has 0 bridgehead atoms. The fraction of sp³-hybridized carbons (Fsp3) is 0.667. The highest BCUT2D eigenvalue weighted by Crippen LogP contribution is 2.32. The monoisotopic (exact) mass is 322 g/mol. The molecule has 0 fully saturated rings. The van der Waals surface area contributed by atoms with Crippen molar-refractivity contribution in [3.63, 3.8) is 0 Å². The van der Waals surface area contributed by atoms with Gasteiger partial charge in [0.25, 0.3) is 0 Å². The molecule has 0 saturated carbocycles. The maximum absolute atomic E-state index is 12.7. The summed E-state index contributed by atoms with van der Waals surface area (Å²) in [6.07, 6.45) is 0.0213. The molecule has 0 unspecified atom stereocenters. The highest BCUT2D eigenvalue weighted by molar-refractivity contribution is 6.29. The second-order valence-corrected chi connectivity index (χ2v) is 6.42. The number of pyridine rings is 1. The maximum atomic E-state index is 12.7. The van der Waals surface area contributed by atoms with Gasteiger partial charge in [-0.25, -0.2) is 4.98 Å². The average Bonchev–Trinajstić information content (AvgIpc) is 2.35. The lowest BCUT2D eigenvalue weighted by Crippen LogP contribution is -2.23. The SMILES string of the molecule is CCCCCC(C)(C)CNc1cc(C(F)(F)F)cc(Cl)n1. The Morgan fingerprint density at radius 2 is 1.86 bits per heavy atom. The Bertz CT molecular complexity index is 459. The van der Waals surface area contributed by atoms with Crippen LogP contribution >= 0.6 is 11.6 Å². The minimum absolute atomic E-state index is 0.00242. The van der Waals surface area contributed by atoms with Gasteiger partial charge in [-0.3, -0.25) is 0 Å². The van der Waals surface area contributed by atoms with Crippen LogP contribution in [-0.2, 0) is 6.18 Å². The summed E-state index contributed by atoms with van der Waals surface area (Å²) in [7, 11) is 0. The molecule has 0 radical (unpaired) electrons. The van der Waals surface area contributed by atoms with Crippen LogP contribution < -0.4 is 5.32 Å². The van der Waals surface area contributed by atoms with E-state index in [2.05, 4.69) is 31.1 Å². The fourth-order valence-corrected chi connectivity index (χ4v) is 2.23. The lowest BCUT2D eigenvalue weighted by atomic mass is 9.87. The molecule has 2 nitrogen and oxygen atoms in total. The quantitative estimate of drug-likeness (QED) is 0.509. The van der Waals surface area contributed by atoms with E-state index in [4.69, 9.17) is 11.6 Å². The third kappa shape index (κ3) is 6.55. The van der Waals surface area contributed by atoms with Gasteiger partial charge in [-0.2, -0.15) is 13.2 Å². The first kappa shape index (κ1) is 18.1. The third-order valence-electron chi connectivity index (χ3n) is 3.33. The molecule has 21 heavy (non-hydrogen) atoms. The van der Waals surface area contributed by atoms with Crippen molar-refractivity contribution < 1.29 is 13.2 Å². The van der Waals surface area contributed by atoms with E-state index in [1.54, 1.807) is 0 Å².